The van der Waals surface area contributed by atoms with Crippen LogP contribution >= 0.6 is 0 Å². The van der Waals surface area contributed by atoms with Crippen molar-refractivity contribution in [3.05, 3.63) is 131 Å². The highest BCUT2D eigenvalue weighted by Crippen LogP contribution is 2.43. The van der Waals surface area contributed by atoms with Crippen LogP contribution in [0.15, 0.2) is 109 Å². The van der Waals surface area contributed by atoms with Gasteiger partial charge in [-0.25, -0.2) is 0 Å². The number of benzene rings is 5. The molecule has 0 fully saturated rings. The van der Waals surface area contributed by atoms with Gasteiger partial charge in [0.2, 0.25) is 0 Å². The topological polar surface area (TPSA) is 80.9 Å². The Morgan fingerprint density at radius 2 is 0.763 bits per heavy atom. The smallest absolute Gasteiger partial charge is 0.123 e. The molecular weight excluding hydrogens is 472 g/mol. The summed E-state index contributed by atoms with van der Waals surface area (Å²) in [5.41, 5.74) is 6.24. The Bertz CT molecular complexity index is 1490. The Labute approximate surface area is 222 Å². The molecule has 5 aromatic rings. The van der Waals surface area contributed by atoms with Gasteiger partial charge in [-0.05, 0) is 64.6 Å². The molecule has 190 valence electrons. The average Bonchev–Trinajstić information content (AvgIpc) is 2.92. The van der Waals surface area contributed by atoms with Crippen molar-refractivity contribution >= 4 is 0 Å². The Morgan fingerprint density at radius 3 is 1.18 bits per heavy atom. The van der Waals surface area contributed by atoms with E-state index in [-0.39, 0.29) is 28.9 Å². The summed E-state index contributed by atoms with van der Waals surface area (Å²) in [7, 11) is 0. The van der Waals surface area contributed by atoms with Gasteiger partial charge >= 0.3 is 0 Å². The van der Waals surface area contributed by atoms with Gasteiger partial charge in [0.05, 0.1) is 0 Å². The molecule has 0 heterocycles. The molecule has 0 atom stereocenters. The highest BCUT2D eigenvalue weighted by atomic mass is 16.3. The highest BCUT2D eigenvalue weighted by molar-refractivity contribution is 5.78. The van der Waals surface area contributed by atoms with E-state index in [9.17, 15) is 20.4 Å². The van der Waals surface area contributed by atoms with Gasteiger partial charge in [-0.1, -0.05) is 86.6 Å². The lowest BCUT2D eigenvalue weighted by molar-refractivity contribution is 0.468. The maximum absolute atomic E-state index is 10.7. The van der Waals surface area contributed by atoms with Crippen LogP contribution in [0, 0.1) is 0 Å². The van der Waals surface area contributed by atoms with Gasteiger partial charge in [0, 0.05) is 28.2 Å². The third kappa shape index (κ3) is 4.81. The number of rotatable bonds is 6. The van der Waals surface area contributed by atoms with Crippen molar-refractivity contribution in [2.75, 3.05) is 0 Å². The van der Waals surface area contributed by atoms with Crippen LogP contribution in [0.1, 0.15) is 47.9 Å². The molecule has 0 aliphatic carbocycles. The Kier molecular flexibility index (Phi) is 6.80. The first-order valence-corrected chi connectivity index (χ1v) is 12.7. The molecule has 0 radical (unpaired) electrons. The number of aromatic hydroxyl groups is 4. The molecule has 5 aromatic carbocycles. The number of phenolic OH excluding ortho intramolecular Hbond substituents is 4. The maximum atomic E-state index is 10.7. The first kappa shape index (κ1) is 25.0. The largest absolute Gasteiger partial charge is 0.507 e. The third-order valence-corrected chi connectivity index (χ3v) is 7.03. The van der Waals surface area contributed by atoms with Gasteiger partial charge in [-0.15, -0.1) is 0 Å². The fraction of sp³-hybridized carbons (Fsp3) is 0.118. The maximum Gasteiger partial charge on any atom is 0.123 e. The van der Waals surface area contributed by atoms with Crippen LogP contribution in [-0.4, -0.2) is 20.4 Å². The molecule has 4 heteroatoms. The first-order valence-electron chi connectivity index (χ1n) is 12.7. The molecule has 0 aliphatic rings. The Hall–Kier alpha value is -4.70. The van der Waals surface area contributed by atoms with Crippen molar-refractivity contribution in [1.82, 2.24) is 0 Å². The van der Waals surface area contributed by atoms with E-state index in [2.05, 4.69) is 38.1 Å². The van der Waals surface area contributed by atoms with Crippen molar-refractivity contribution in [3.8, 4) is 45.3 Å². The summed E-state index contributed by atoms with van der Waals surface area (Å²) < 4.78 is 0. The zero-order chi connectivity index (χ0) is 26.8. The SMILES string of the molecule is CC(C)c1ccc(C(c2ccc(O)c(-c3ccccc3O)c2)c2ccc(O)c(-c3ccccc3O)c2)cc1. The van der Waals surface area contributed by atoms with E-state index >= 15 is 0 Å². The number of para-hydroxylation sites is 2. The molecule has 5 rings (SSSR count). The van der Waals surface area contributed by atoms with Gasteiger partial charge in [-0.2, -0.15) is 0 Å². The normalized spacial score (nSPS) is 11.3. The average molecular weight is 503 g/mol. The van der Waals surface area contributed by atoms with Crippen LogP contribution in [0.2, 0.25) is 0 Å². The van der Waals surface area contributed by atoms with Crippen molar-refractivity contribution in [3.63, 3.8) is 0 Å². The summed E-state index contributed by atoms with van der Waals surface area (Å²) in [6.45, 7) is 4.31. The zero-order valence-corrected chi connectivity index (χ0v) is 21.3. The summed E-state index contributed by atoms with van der Waals surface area (Å²) in [5.74, 6) is 0.472. The van der Waals surface area contributed by atoms with Gasteiger partial charge in [0.25, 0.3) is 0 Å². The third-order valence-electron chi connectivity index (χ3n) is 7.03. The van der Waals surface area contributed by atoms with Crippen LogP contribution in [0.4, 0.5) is 0 Å². The fourth-order valence-electron chi connectivity index (χ4n) is 4.95. The lowest BCUT2D eigenvalue weighted by Crippen LogP contribution is -2.05. The number of hydrogen-bond donors (Lipinski definition) is 4. The minimum atomic E-state index is -0.244. The monoisotopic (exact) mass is 502 g/mol. The summed E-state index contributed by atoms with van der Waals surface area (Å²) in [6, 6.07) is 33.2. The minimum Gasteiger partial charge on any atom is -0.507 e. The molecular formula is C34H30O4. The quantitative estimate of drug-likeness (QED) is 0.177. The van der Waals surface area contributed by atoms with E-state index in [1.165, 1.54) is 5.56 Å². The van der Waals surface area contributed by atoms with E-state index in [0.717, 1.165) is 16.7 Å². The van der Waals surface area contributed by atoms with Crippen molar-refractivity contribution in [2.45, 2.75) is 25.7 Å². The predicted molar refractivity (Wildman–Crippen MR) is 152 cm³/mol. The molecule has 4 N–H and O–H groups in total. The van der Waals surface area contributed by atoms with Crippen LogP contribution < -0.4 is 0 Å². The fourth-order valence-corrected chi connectivity index (χ4v) is 4.95. The predicted octanol–water partition coefficient (Wildman–Crippen LogP) is 8.15. The van der Waals surface area contributed by atoms with E-state index in [1.807, 2.05) is 36.4 Å². The lowest BCUT2D eigenvalue weighted by atomic mass is 9.82. The Morgan fingerprint density at radius 1 is 0.395 bits per heavy atom. The highest BCUT2D eigenvalue weighted by Gasteiger charge is 2.22. The molecule has 0 amide bonds. The summed E-state index contributed by atoms with van der Waals surface area (Å²) in [4.78, 5) is 0. The number of phenols is 4. The molecule has 0 saturated carbocycles. The molecule has 0 unspecified atom stereocenters. The van der Waals surface area contributed by atoms with Crippen molar-refractivity contribution in [2.24, 2.45) is 0 Å². The van der Waals surface area contributed by atoms with Gasteiger partial charge < -0.3 is 20.4 Å². The van der Waals surface area contributed by atoms with Gasteiger partial charge in [0.15, 0.2) is 0 Å². The van der Waals surface area contributed by atoms with E-state index in [0.29, 0.717) is 28.2 Å². The number of hydrogen-bond acceptors (Lipinski definition) is 4. The standard InChI is InChI=1S/C34H30O4/c1-21(2)22-11-13-23(14-12-22)34(24-15-17-32(37)28(19-24)26-7-3-5-9-30(26)35)25-16-18-33(38)29(20-25)27-8-4-6-10-31(27)36/h3-21,34-38H,1-2H3. The summed E-state index contributed by atoms with van der Waals surface area (Å²) in [5, 5.41) is 42.4. The molecule has 0 spiro atoms. The van der Waals surface area contributed by atoms with Crippen LogP contribution in [0.25, 0.3) is 22.3 Å². The minimum absolute atomic E-state index is 0.0739. The zero-order valence-electron chi connectivity index (χ0n) is 21.3. The van der Waals surface area contributed by atoms with Crippen molar-refractivity contribution < 1.29 is 20.4 Å². The van der Waals surface area contributed by atoms with Crippen LogP contribution in [0.5, 0.6) is 23.0 Å². The second-order valence-electron chi connectivity index (χ2n) is 9.84. The molecule has 0 bridgehead atoms. The van der Waals surface area contributed by atoms with E-state index < -0.39 is 0 Å². The van der Waals surface area contributed by atoms with Crippen molar-refractivity contribution in [1.29, 1.82) is 0 Å². The Balaban J connectivity index is 1.71. The summed E-state index contributed by atoms with van der Waals surface area (Å²) in [6.07, 6.45) is 0. The molecule has 0 aromatic heterocycles. The molecule has 0 saturated heterocycles. The lowest BCUT2D eigenvalue weighted by Gasteiger charge is -2.22. The molecule has 4 nitrogen and oxygen atoms in total. The molecule has 38 heavy (non-hydrogen) atoms. The van der Waals surface area contributed by atoms with E-state index in [4.69, 9.17) is 0 Å². The first-order chi connectivity index (χ1) is 18.3. The second kappa shape index (κ2) is 10.3. The van der Waals surface area contributed by atoms with Gasteiger partial charge in [0.1, 0.15) is 23.0 Å². The van der Waals surface area contributed by atoms with Crippen LogP contribution in [0.3, 0.4) is 0 Å². The molecule has 0 aliphatic heterocycles. The van der Waals surface area contributed by atoms with Crippen LogP contribution in [-0.2, 0) is 0 Å². The van der Waals surface area contributed by atoms with E-state index in [1.54, 1.807) is 48.5 Å². The van der Waals surface area contributed by atoms with Gasteiger partial charge in [-0.3, -0.25) is 0 Å². The second-order valence-corrected chi connectivity index (χ2v) is 9.84. The summed E-state index contributed by atoms with van der Waals surface area (Å²) >= 11 is 0.